The van der Waals surface area contributed by atoms with Gasteiger partial charge in [0.15, 0.2) is 0 Å². The Morgan fingerprint density at radius 2 is 1.77 bits per heavy atom. The van der Waals surface area contributed by atoms with E-state index in [-0.39, 0.29) is 29.5 Å². The molecule has 0 saturated carbocycles. The van der Waals surface area contributed by atoms with E-state index in [4.69, 9.17) is 0 Å². The lowest BCUT2D eigenvalue weighted by Gasteiger charge is -2.29. The molecule has 0 aliphatic carbocycles. The van der Waals surface area contributed by atoms with Crippen LogP contribution in [0.3, 0.4) is 0 Å². The number of benzene rings is 1. The third-order valence-electron chi connectivity index (χ3n) is 4.29. The highest BCUT2D eigenvalue weighted by molar-refractivity contribution is 6.22. The van der Waals surface area contributed by atoms with E-state index in [1.165, 1.54) is 30.2 Å². The molecule has 7 heteroatoms. The highest BCUT2D eigenvalue weighted by Gasteiger charge is 2.42. The fraction of sp³-hybridized carbons (Fsp3) is 0.474. The highest BCUT2D eigenvalue weighted by Crippen LogP contribution is 2.29. The first-order valence-corrected chi connectivity index (χ1v) is 8.50. The molecule has 140 valence electrons. The maximum atomic E-state index is 12.6. The summed E-state index contributed by atoms with van der Waals surface area (Å²) in [5.74, 6) is -1.58. The number of rotatable bonds is 5. The van der Waals surface area contributed by atoms with E-state index in [2.05, 4.69) is 10.1 Å². The van der Waals surface area contributed by atoms with Crippen LogP contribution in [0.5, 0.6) is 0 Å². The van der Waals surface area contributed by atoms with E-state index in [0.717, 1.165) is 0 Å². The molecule has 1 aromatic rings. The maximum Gasteiger partial charge on any atom is 0.307 e. The van der Waals surface area contributed by atoms with Crippen LogP contribution < -0.4 is 5.32 Å². The van der Waals surface area contributed by atoms with Crippen molar-refractivity contribution in [2.24, 2.45) is 0 Å². The predicted octanol–water partition coefficient (Wildman–Crippen LogP) is 2.15. The van der Waals surface area contributed by atoms with E-state index in [9.17, 15) is 19.2 Å². The summed E-state index contributed by atoms with van der Waals surface area (Å²) in [7, 11) is 1.29. The number of ether oxygens (including phenoxy) is 1. The number of hydrogen-bond acceptors (Lipinski definition) is 5. The van der Waals surface area contributed by atoms with E-state index in [1.807, 2.05) is 6.92 Å². The van der Waals surface area contributed by atoms with Crippen LogP contribution in [0.1, 0.15) is 71.6 Å². The monoisotopic (exact) mass is 360 g/mol. The fourth-order valence-corrected chi connectivity index (χ4v) is 2.84. The largest absolute Gasteiger partial charge is 0.469 e. The Morgan fingerprint density at radius 3 is 2.31 bits per heavy atom. The number of hydrogen-bond donors (Lipinski definition) is 1. The molecule has 1 unspecified atom stereocenters. The SMILES string of the molecule is CCC(CC(=O)OC)NC(=O)c1ccc2c(c1)C(=O)N(C(C)(C)C)C2=O. The molecule has 26 heavy (non-hydrogen) atoms. The van der Waals surface area contributed by atoms with Gasteiger partial charge in [-0.05, 0) is 45.4 Å². The summed E-state index contributed by atoms with van der Waals surface area (Å²) >= 11 is 0. The van der Waals surface area contributed by atoms with Crippen LogP contribution in [-0.2, 0) is 9.53 Å². The van der Waals surface area contributed by atoms with Gasteiger partial charge in [0.25, 0.3) is 17.7 Å². The van der Waals surface area contributed by atoms with Gasteiger partial charge in [0.2, 0.25) is 0 Å². The van der Waals surface area contributed by atoms with Gasteiger partial charge in [-0.15, -0.1) is 0 Å². The Bertz CT molecular complexity index is 764. The van der Waals surface area contributed by atoms with Crippen LogP contribution in [0.15, 0.2) is 18.2 Å². The number of nitrogens with one attached hydrogen (secondary N) is 1. The number of carbonyl (C=O) groups is 4. The topological polar surface area (TPSA) is 92.8 Å². The number of imide groups is 1. The number of esters is 1. The van der Waals surface area contributed by atoms with Crippen LogP contribution in [0, 0.1) is 0 Å². The van der Waals surface area contributed by atoms with Gasteiger partial charge in [-0.1, -0.05) is 6.92 Å². The molecule has 1 atom stereocenters. The molecular weight excluding hydrogens is 336 g/mol. The van der Waals surface area contributed by atoms with Crippen molar-refractivity contribution < 1.29 is 23.9 Å². The maximum absolute atomic E-state index is 12.6. The third kappa shape index (κ3) is 3.76. The van der Waals surface area contributed by atoms with Crippen molar-refractivity contribution in [1.29, 1.82) is 0 Å². The normalized spacial score (nSPS) is 14.9. The first kappa shape index (κ1) is 19.6. The summed E-state index contributed by atoms with van der Waals surface area (Å²) < 4.78 is 4.62. The molecule has 1 aromatic carbocycles. The molecule has 2 rings (SSSR count). The van der Waals surface area contributed by atoms with Crippen molar-refractivity contribution in [3.63, 3.8) is 0 Å². The molecule has 0 bridgehead atoms. The molecule has 3 amide bonds. The lowest BCUT2D eigenvalue weighted by molar-refractivity contribution is -0.141. The Morgan fingerprint density at radius 1 is 1.15 bits per heavy atom. The molecular formula is C19H24N2O5. The second kappa shape index (κ2) is 7.27. The Labute approximate surface area is 152 Å². The molecule has 0 saturated heterocycles. The van der Waals surface area contributed by atoms with Gasteiger partial charge in [0, 0.05) is 17.1 Å². The van der Waals surface area contributed by atoms with E-state index in [0.29, 0.717) is 12.0 Å². The summed E-state index contributed by atoms with van der Waals surface area (Å²) in [5, 5.41) is 2.76. The first-order chi connectivity index (χ1) is 12.1. The van der Waals surface area contributed by atoms with Gasteiger partial charge in [0.1, 0.15) is 0 Å². The summed E-state index contributed by atoms with van der Waals surface area (Å²) in [4.78, 5) is 50.1. The van der Waals surface area contributed by atoms with Crippen LogP contribution in [0.25, 0.3) is 0 Å². The van der Waals surface area contributed by atoms with Gasteiger partial charge in [-0.2, -0.15) is 0 Å². The molecule has 0 radical (unpaired) electrons. The molecule has 7 nitrogen and oxygen atoms in total. The Hall–Kier alpha value is -2.70. The third-order valence-corrected chi connectivity index (χ3v) is 4.29. The van der Waals surface area contributed by atoms with E-state index in [1.54, 1.807) is 20.8 Å². The summed E-state index contributed by atoms with van der Waals surface area (Å²) in [6.07, 6.45) is 0.625. The lowest BCUT2D eigenvalue weighted by atomic mass is 10.0. The smallest absolute Gasteiger partial charge is 0.307 e. The van der Waals surface area contributed by atoms with Gasteiger partial charge in [-0.25, -0.2) is 0 Å². The van der Waals surface area contributed by atoms with Crippen molar-refractivity contribution in [2.45, 2.75) is 52.1 Å². The second-order valence-corrected chi connectivity index (χ2v) is 7.24. The summed E-state index contributed by atoms with van der Waals surface area (Å²) in [6, 6.07) is 4.07. The summed E-state index contributed by atoms with van der Waals surface area (Å²) in [6.45, 7) is 7.18. The quantitative estimate of drug-likeness (QED) is 0.641. The van der Waals surface area contributed by atoms with Gasteiger partial charge >= 0.3 is 5.97 Å². The average Bonchev–Trinajstić information content (AvgIpc) is 2.84. The van der Waals surface area contributed by atoms with Crippen LogP contribution in [0.2, 0.25) is 0 Å². The molecule has 0 fully saturated rings. The zero-order valence-electron chi connectivity index (χ0n) is 15.7. The van der Waals surface area contributed by atoms with Gasteiger partial charge in [0.05, 0.1) is 24.7 Å². The molecule has 1 aliphatic heterocycles. The van der Waals surface area contributed by atoms with Crippen molar-refractivity contribution >= 4 is 23.7 Å². The van der Waals surface area contributed by atoms with Crippen molar-refractivity contribution in [2.75, 3.05) is 7.11 Å². The number of methoxy groups -OCH3 is 1. The van der Waals surface area contributed by atoms with E-state index < -0.39 is 23.3 Å². The minimum Gasteiger partial charge on any atom is -0.469 e. The first-order valence-electron chi connectivity index (χ1n) is 8.50. The van der Waals surface area contributed by atoms with Crippen LogP contribution in [0.4, 0.5) is 0 Å². The average molecular weight is 360 g/mol. The van der Waals surface area contributed by atoms with Crippen molar-refractivity contribution in [3.05, 3.63) is 34.9 Å². The standard InChI is InChI=1S/C19H24N2O5/c1-6-12(10-15(22)26-5)20-16(23)11-7-8-13-14(9-11)18(25)21(17(13)24)19(2,3)4/h7-9,12H,6,10H2,1-5H3,(H,20,23). The fourth-order valence-electron chi connectivity index (χ4n) is 2.84. The number of fused-ring (bicyclic) bond motifs is 1. The second-order valence-electron chi connectivity index (χ2n) is 7.24. The van der Waals surface area contributed by atoms with Crippen LogP contribution in [-0.4, -0.2) is 47.3 Å². The number of nitrogens with zero attached hydrogens (tertiary/aromatic N) is 1. The predicted molar refractivity (Wildman–Crippen MR) is 94.9 cm³/mol. The highest BCUT2D eigenvalue weighted by atomic mass is 16.5. The molecule has 0 spiro atoms. The van der Waals surface area contributed by atoms with E-state index >= 15 is 0 Å². The number of amides is 3. The Kier molecular flexibility index (Phi) is 5.49. The zero-order chi connectivity index (χ0) is 19.6. The molecule has 0 aromatic heterocycles. The molecule has 1 N–H and O–H groups in total. The molecule has 1 aliphatic rings. The number of carbonyl (C=O) groups excluding carboxylic acids is 4. The summed E-state index contributed by atoms with van der Waals surface area (Å²) in [5.41, 5.74) is 0.134. The van der Waals surface area contributed by atoms with Gasteiger partial charge in [-0.3, -0.25) is 24.1 Å². The Balaban J connectivity index is 2.24. The molecule has 1 heterocycles. The van der Waals surface area contributed by atoms with Crippen molar-refractivity contribution in [3.8, 4) is 0 Å². The van der Waals surface area contributed by atoms with Crippen LogP contribution >= 0.6 is 0 Å². The minimum atomic E-state index is -0.649. The van der Waals surface area contributed by atoms with Crippen molar-refractivity contribution in [1.82, 2.24) is 10.2 Å². The zero-order valence-corrected chi connectivity index (χ0v) is 15.7. The minimum absolute atomic E-state index is 0.0684. The lowest BCUT2D eigenvalue weighted by Crippen LogP contribution is -2.45. The van der Waals surface area contributed by atoms with Gasteiger partial charge < -0.3 is 10.1 Å².